The van der Waals surface area contributed by atoms with Crippen molar-refractivity contribution >= 4 is 34.5 Å². The Bertz CT molecular complexity index is 1170. The second-order valence-corrected chi connectivity index (χ2v) is 6.77. The van der Waals surface area contributed by atoms with Crippen LogP contribution in [0.2, 0.25) is 5.02 Å². The van der Waals surface area contributed by atoms with Crippen molar-refractivity contribution in [2.45, 2.75) is 13.0 Å². The highest BCUT2D eigenvalue weighted by atomic mass is 35.5. The summed E-state index contributed by atoms with van der Waals surface area (Å²) in [6.45, 7) is 2.03. The van der Waals surface area contributed by atoms with E-state index in [0.29, 0.717) is 21.9 Å². The molecule has 0 aliphatic heterocycles. The molecule has 2 heterocycles. The van der Waals surface area contributed by atoms with Crippen LogP contribution in [0.3, 0.4) is 0 Å². The summed E-state index contributed by atoms with van der Waals surface area (Å²) in [7, 11) is 0. The van der Waals surface area contributed by atoms with E-state index in [4.69, 9.17) is 16.7 Å². The van der Waals surface area contributed by atoms with Crippen LogP contribution in [-0.4, -0.2) is 30.9 Å². The molecule has 28 heavy (non-hydrogen) atoms. The molecule has 0 spiro atoms. The monoisotopic (exact) mass is 393 g/mol. The third kappa shape index (κ3) is 3.65. The minimum Gasteiger partial charge on any atom is -0.463 e. The maximum Gasteiger partial charge on any atom is 0.432 e. The Balaban J connectivity index is 1.58. The van der Waals surface area contributed by atoms with Crippen LogP contribution in [0.15, 0.2) is 61.1 Å². The molecule has 0 aliphatic rings. The first-order chi connectivity index (χ1) is 13.5. The number of rotatable bonds is 4. The van der Waals surface area contributed by atoms with Crippen LogP contribution in [0.25, 0.3) is 22.2 Å². The number of nitrogens with zero attached hydrogens (tertiary/aromatic N) is 4. The first-order valence-electron chi connectivity index (χ1n) is 8.57. The van der Waals surface area contributed by atoms with Gasteiger partial charge >= 0.3 is 6.09 Å². The van der Waals surface area contributed by atoms with Crippen molar-refractivity contribution in [3.63, 3.8) is 0 Å². The lowest BCUT2D eigenvalue weighted by molar-refractivity contribution is 0.192. The number of anilines is 1. The van der Waals surface area contributed by atoms with E-state index in [1.54, 1.807) is 6.20 Å². The molecule has 0 amide bonds. The first kappa shape index (κ1) is 17.9. The molecule has 2 aromatic carbocycles. The maximum absolute atomic E-state index is 11.0. The molecule has 7 nitrogen and oxygen atoms in total. The molecule has 0 saturated heterocycles. The smallest absolute Gasteiger partial charge is 0.432 e. The molecular weight excluding hydrogens is 378 g/mol. The fourth-order valence-corrected chi connectivity index (χ4v) is 3.12. The quantitative estimate of drug-likeness (QED) is 0.515. The molecule has 2 N–H and O–H groups in total. The zero-order chi connectivity index (χ0) is 19.7. The van der Waals surface area contributed by atoms with Crippen molar-refractivity contribution < 1.29 is 9.90 Å². The van der Waals surface area contributed by atoms with Crippen molar-refractivity contribution in [1.29, 1.82) is 0 Å². The van der Waals surface area contributed by atoms with Gasteiger partial charge in [-0.3, -0.25) is 4.98 Å². The molecule has 2 aromatic heterocycles. The average molecular weight is 394 g/mol. The summed E-state index contributed by atoms with van der Waals surface area (Å²) in [6, 6.07) is 13.3. The lowest BCUT2D eigenvalue weighted by Crippen LogP contribution is -2.08. The van der Waals surface area contributed by atoms with E-state index in [1.807, 2.05) is 49.4 Å². The van der Waals surface area contributed by atoms with Gasteiger partial charge in [-0.1, -0.05) is 29.8 Å². The Labute approximate surface area is 165 Å². The van der Waals surface area contributed by atoms with Crippen LogP contribution in [0.1, 0.15) is 18.5 Å². The van der Waals surface area contributed by atoms with Gasteiger partial charge in [-0.2, -0.15) is 9.78 Å². The highest BCUT2D eigenvalue weighted by molar-refractivity contribution is 6.30. The average Bonchev–Trinajstić information content (AvgIpc) is 3.18. The van der Waals surface area contributed by atoms with Gasteiger partial charge in [0.05, 0.1) is 29.5 Å². The predicted octanol–water partition coefficient (Wildman–Crippen LogP) is 4.85. The highest BCUT2D eigenvalue weighted by Crippen LogP contribution is 2.25. The zero-order valence-electron chi connectivity index (χ0n) is 14.9. The molecule has 0 bridgehead atoms. The third-order valence-corrected chi connectivity index (χ3v) is 4.60. The van der Waals surface area contributed by atoms with Crippen molar-refractivity contribution in [3.8, 4) is 11.1 Å². The van der Waals surface area contributed by atoms with Crippen LogP contribution in [0, 0.1) is 0 Å². The number of carboxylic acid groups (broad SMARTS) is 1. The predicted molar refractivity (Wildman–Crippen MR) is 108 cm³/mol. The Hall–Kier alpha value is -3.45. The van der Waals surface area contributed by atoms with Gasteiger partial charge in [0, 0.05) is 16.8 Å². The summed E-state index contributed by atoms with van der Waals surface area (Å²) in [5.74, 6) is 0.659. The molecule has 0 fully saturated rings. The van der Waals surface area contributed by atoms with Crippen LogP contribution in [-0.2, 0) is 0 Å². The van der Waals surface area contributed by atoms with E-state index < -0.39 is 6.09 Å². The van der Waals surface area contributed by atoms with E-state index in [9.17, 15) is 4.79 Å². The van der Waals surface area contributed by atoms with E-state index in [0.717, 1.165) is 21.3 Å². The summed E-state index contributed by atoms with van der Waals surface area (Å²) in [4.78, 5) is 20.1. The minimum atomic E-state index is -1.13. The second kappa shape index (κ2) is 7.28. The fraction of sp³-hybridized carbons (Fsp3) is 0.100. The largest absolute Gasteiger partial charge is 0.463 e. The number of aromatic nitrogens is 4. The summed E-state index contributed by atoms with van der Waals surface area (Å²) in [5, 5.41) is 16.8. The molecule has 140 valence electrons. The fourth-order valence-electron chi connectivity index (χ4n) is 2.92. The summed E-state index contributed by atoms with van der Waals surface area (Å²) < 4.78 is 0.870. The number of hydrogen-bond donors (Lipinski definition) is 2. The van der Waals surface area contributed by atoms with E-state index in [2.05, 4.69) is 20.4 Å². The Kier molecular flexibility index (Phi) is 4.67. The van der Waals surface area contributed by atoms with Gasteiger partial charge in [0.25, 0.3) is 0 Å². The first-order valence-corrected chi connectivity index (χ1v) is 8.94. The van der Waals surface area contributed by atoms with Crippen LogP contribution in [0.4, 0.5) is 10.6 Å². The molecule has 0 aliphatic carbocycles. The van der Waals surface area contributed by atoms with Crippen LogP contribution < -0.4 is 5.32 Å². The van der Waals surface area contributed by atoms with Crippen molar-refractivity contribution in [2.24, 2.45) is 0 Å². The standard InChI is InChI=1S/C20H16ClN5O2/c1-12(13-3-2-4-16(21)7-13)24-19-10-22-18-8-14(5-6-17(18)25-19)15-9-23-26(11-15)20(27)28/h2-12H,1H3,(H,24,25)(H,27,28)/t12-/m1/s1. The highest BCUT2D eigenvalue weighted by Gasteiger charge is 2.10. The molecular formula is C20H16ClN5O2. The third-order valence-electron chi connectivity index (χ3n) is 4.37. The molecule has 0 saturated carbocycles. The topological polar surface area (TPSA) is 92.9 Å². The Morgan fingerprint density at radius 3 is 2.75 bits per heavy atom. The normalized spacial score (nSPS) is 12.1. The van der Waals surface area contributed by atoms with Gasteiger partial charge in [0.2, 0.25) is 0 Å². The number of carbonyl (C=O) groups is 1. The van der Waals surface area contributed by atoms with Gasteiger partial charge in [-0.05, 0) is 42.3 Å². The van der Waals surface area contributed by atoms with Gasteiger partial charge in [0.15, 0.2) is 0 Å². The number of fused-ring (bicyclic) bond motifs is 1. The Morgan fingerprint density at radius 1 is 1.14 bits per heavy atom. The van der Waals surface area contributed by atoms with E-state index in [1.165, 1.54) is 12.4 Å². The summed E-state index contributed by atoms with van der Waals surface area (Å²) in [5.41, 5.74) is 4.02. The molecule has 4 aromatic rings. The maximum atomic E-state index is 11.0. The summed E-state index contributed by atoms with van der Waals surface area (Å²) >= 11 is 6.06. The van der Waals surface area contributed by atoms with Gasteiger partial charge in [-0.25, -0.2) is 9.78 Å². The zero-order valence-corrected chi connectivity index (χ0v) is 15.6. The van der Waals surface area contributed by atoms with Crippen LogP contribution in [0.5, 0.6) is 0 Å². The molecule has 8 heteroatoms. The lowest BCUT2D eigenvalue weighted by Gasteiger charge is -2.15. The van der Waals surface area contributed by atoms with Crippen molar-refractivity contribution in [3.05, 3.63) is 71.6 Å². The lowest BCUT2D eigenvalue weighted by atomic mass is 10.1. The Morgan fingerprint density at radius 2 is 2.00 bits per heavy atom. The van der Waals surface area contributed by atoms with Gasteiger partial charge < -0.3 is 10.4 Å². The van der Waals surface area contributed by atoms with Crippen molar-refractivity contribution in [2.75, 3.05) is 5.32 Å². The van der Waals surface area contributed by atoms with E-state index in [-0.39, 0.29) is 6.04 Å². The number of hydrogen-bond acceptors (Lipinski definition) is 5. The number of nitrogens with one attached hydrogen (secondary N) is 1. The van der Waals surface area contributed by atoms with Gasteiger partial charge in [-0.15, -0.1) is 0 Å². The molecule has 4 rings (SSSR count). The van der Waals surface area contributed by atoms with Gasteiger partial charge in [0.1, 0.15) is 5.82 Å². The van der Waals surface area contributed by atoms with E-state index >= 15 is 0 Å². The minimum absolute atomic E-state index is 0.0200. The second-order valence-electron chi connectivity index (χ2n) is 6.34. The molecule has 0 radical (unpaired) electrons. The molecule has 1 atom stereocenters. The number of benzene rings is 2. The molecule has 0 unspecified atom stereocenters. The SMILES string of the molecule is C[C@@H](Nc1cnc2cc(-c3cnn(C(=O)O)c3)ccc2n1)c1cccc(Cl)c1. The van der Waals surface area contributed by atoms with Crippen molar-refractivity contribution in [1.82, 2.24) is 19.7 Å². The van der Waals surface area contributed by atoms with Crippen LogP contribution >= 0.6 is 11.6 Å². The summed E-state index contributed by atoms with van der Waals surface area (Å²) in [6.07, 6.45) is 3.51. The number of halogens is 1.